The molecule has 0 radical (unpaired) electrons. The molecule has 0 aromatic heterocycles. The average Bonchev–Trinajstić information content (AvgIpc) is 1.91. The Bertz CT molecular complexity index is 109. The Morgan fingerprint density at radius 2 is 2.56 bits per heavy atom. The van der Waals surface area contributed by atoms with Crippen LogP contribution < -0.4 is 0 Å². The number of hydrogen-bond acceptors (Lipinski definition) is 1. The van der Waals surface area contributed by atoms with E-state index in [1.807, 2.05) is 0 Å². The van der Waals surface area contributed by atoms with E-state index in [0.717, 1.165) is 19.8 Å². The molecule has 0 amide bonds. The van der Waals surface area contributed by atoms with Crippen molar-refractivity contribution in [1.29, 1.82) is 0 Å². The van der Waals surface area contributed by atoms with Crippen LogP contribution in [0.5, 0.6) is 0 Å². The summed E-state index contributed by atoms with van der Waals surface area (Å²) in [6.45, 7) is 6.16. The largest absolute Gasteiger partial charge is 0.365 e. The Labute approximate surface area is 56.1 Å². The topological polar surface area (TPSA) is 12.2 Å². The van der Waals surface area contributed by atoms with E-state index in [0.29, 0.717) is 0 Å². The molecule has 0 aromatic carbocycles. The number of nitrogens with zero attached hydrogens (tertiary/aromatic N) is 1. The lowest BCUT2D eigenvalue weighted by Gasteiger charge is -2.07. The van der Waals surface area contributed by atoms with Crippen molar-refractivity contribution in [2.24, 2.45) is 0 Å². The fraction of sp³-hybridized carbons (Fsp3) is 0.857. The lowest BCUT2D eigenvalue weighted by atomic mass is 10.4. The van der Waals surface area contributed by atoms with Crippen molar-refractivity contribution in [2.45, 2.75) is 13.3 Å². The van der Waals surface area contributed by atoms with Crippen LogP contribution in [-0.2, 0) is 4.74 Å². The maximum atomic E-state index is 5.15. The van der Waals surface area contributed by atoms with E-state index >= 15 is 0 Å². The molecule has 0 atom stereocenters. The zero-order valence-corrected chi connectivity index (χ0v) is 5.97. The van der Waals surface area contributed by atoms with Gasteiger partial charge in [0.05, 0.1) is 0 Å². The van der Waals surface area contributed by atoms with Crippen LogP contribution in [0.25, 0.3) is 0 Å². The minimum atomic E-state index is 0.806. The summed E-state index contributed by atoms with van der Waals surface area (Å²) in [7, 11) is 0. The first-order valence-electron chi connectivity index (χ1n) is 3.58. The van der Waals surface area contributed by atoms with Crippen LogP contribution in [0.2, 0.25) is 0 Å². The van der Waals surface area contributed by atoms with E-state index in [-0.39, 0.29) is 0 Å². The van der Waals surface area contributed by atoms with Gasteiger partial charge in [-0.1, -0.05) is 6.92 Å². The minimum Gasteiger partial charge on any atom is -0.365 e. The molecular weight excluding hydrogens is 114 g/mol. The highest BCUT2D eigenvalue weighted by molar-refractivity contribution is 5.52. The third-order valence-electron chi connectivity index (χ3n) is 1.48. The van der Waals surface area contributed by atoms with Crippen molar-refractivity contribution in [3.8, 4) is 0 Å². The molecule has 1 aliphatic heterocycles. The zero-order valence-electron chi connectivity index (χ0n) is 5.97. The van der Waals surface area contributed by atoms with Gasteiger partial charge < -0.3 is 4.74 Å². The number of ether oxygens (including phenoxy) is 1. The molecule has 0 fully saturated rings. The molecule has 0 saturated heterocycles. The highest BCUT2D eigenvalue weighted by Gasteiger charge is 2.06. The van der Waals surface area contributed by atoms with Gasteiger partial charge in [-0.3, -0.25) is 0 Å². The molecule has 0 aliphatic carbocycles. The fourth-order valence-corrected chi connectivity index (χ4v) is 1.00. The van der Waals surface area contributed by atoms with Gasteiger partial charge in [0.1, 0.15) is 19.8 Å². The normalized spacial score (nSPS) is 19.4. The Balaban J connectivity index is 2.28. The lowest BCUT2D eigenvalue weighted by Crippen LogP contribution is -2.26. The highest BCUT2D eigenvalue weighted by Crippen LogP contribution is 1.86. The highest BCUT2D eigenvalue weighted by atomic mass is 16.5. The summed E-state index contributed by atoms with van der Waals surface area (Å²) < 4.78 is 7.47. The van der Waals surface area contributed by atoms with Crippen molar-refractivity contribution < 1.29 is 9.31 Å². The molecule has 52 valence electrons. The van der Waals surface area contributed by atoms with E-state index in [4.69, 9.17) is 4.74 Å². The second kappa shape index (κ2) is 3.62. The molecule has 1 heterocycles. The van der Waals surface area contributed by atoms with Gasteiger partial charge in [-0.25, -0.2) is 4.58 Å². The molecule has 0 unspecified atom stereocenters. The van der Waals surface area contributed by atoms with Gasteiger partial charge in [0.15, 0.2) is 12.8 Å². The van der Waals surface area contributed by atoms with Gasteiger partial charge >= 0.3 is 0 Å². The van der Waals surface area contributed by atoms with Gasteiger partial charge in [0, 0.05) is 6.42 Å². The van der Waals surface area contributed by atoms with Crippen LogP contribution in [0.15, 0.2) is 0 Å². The molecule has 0 N–H and O–H groups in total. The van der Waals surface area contributed by atoms with Crippen LogP contribution in [0.4, 0.5) is 0 Å². The molecule has 0 bridgehead atoms. The van der Waals surface area contributed by atoms with E-state index in [2.05, 4.69) is 17.7 Å². The third-order valence-corrected chi connectivity index (χ3v) is 1.48. The smallest absolute Gasteiger partial charge is 0.165 e. The van der Waals surface area contributed by atoms with Gasteiger partial charge in [-0.05, 0) is 0 Å². The second-order valence-electron chi connectivity index (χ2n) is 2.29. The summed E-state index contributed by atoms with van der Waals surface area (Å²) in [5, 5.41) is 0. The minimum absolute atomic E-state index is 0.806. The SMILES string of the molecule is CCC[N+]1=CCOCC1. The van der Waals surface area contributed by atoms with Gasteiger partial charge in [0.2, 0.25) is 0 Å². The van der Waals surface area contributed by atoms with Crippen LogP contribution in [0.3, 0.4) is 0 Å². The van der Waals surface area contributed by atoms with Gasteiger partial charge in [0.25, 0.3) is 0 Å². The predicted molar refractivity (Wildman–Crippen MR) is 37.2 cm³/mol. The van der Waals surface area contributed by atoms with Crippen LogP contribution in [0, 0.1) is 0 Å². The average molecular weight is 128 g/mol. The van der Waals surface area contributed by atoms with E-state index in [1.54, 1.807) is 0 Å². The van der Waals surface area contributed by atoms with E-state index < -0.39 is 0 Å². The summed E-state index contributed by atoms with van der Waals surface area (Å²) in [4.78, 5) is 0. The predicted octanol–water partition coefficient (Wildman–Crippen LogP) is 0.510. The number of rotatable bonds is 2. The van der Waals surface area contributed by atoms with Crippen molar-refractivity contribution in [3.63, 3.8) is 0 Å². The second-order valence-corrected chi connectivity index (χ2v) is 2.29. The van der Waals surface area contributed by atoms with Crippen molar-refractivity contribution in [1.82, 2.24) is 0 Å². The monoisotopic (exact) mass is 128 g/mol. The van der Waals surface area contributed by atoms with E-state index in [9.17, 15) is 0 Å². The van der Waals surface area contributed by atoms with Gasteiger partial charge in [-0.15, -0.1) is 0 Å². The first-order chi connectivity index (χ1) is 4.43. The molecule has 0 saturated carbocycles. The Kier molecular flexibility index (Phi) is 2.71. The van der Waals surface area contributed by atoms with E-state index in [1.165, 1.54) is 13.0 Å². The molecule has 2 nitrogen and oxygen atoms in total. The maximum Gasteiger partial charge on any atom is 0.165 e. The molecule has 0 aromatic rings. The molecule has 0 spiro atoms. The van der Waals surface area contributed by atoms with Crippen LogP contribution >= 0.6 is 0 Å². The molecule has 1 aliphatic rings. The number of hydrogen-bond donors (Lipinski definition) is 0. The van der Waals surface area contributed by atoms with Crippen molar-refractivity contribution in [3.05, 3.63) is 0 Å². The summed E-state index contributed by atoms with van der Waals surface area (Å²) in [6.07, 6.45) is 3.36. The zero-order chi connectivity index (χ0) is 6.53. The van der Waals surface area contributed by atoms with Gasteiger partial charge in [-0.2, -0.15) is 0 Å². The standard InChI is InChI=1S/C7H14NO/c1-2-3-8-4-6-9-7-5-8/h4H,2-3,5-7H2,1H3/q+1. The van der Waals surface area contributed by atoms with Crippen LogP contribution in [0.1, 0.15) is 13.3 Å². The Morgan fingerprint density at radius 1 is 1.67 bits per heavy atom. The Hall–Kier alpha value is -0.370. The third kappa shape index (κ3) is 2.14. The molecule has 1 rings (SSSR count). The quantitative estimate of drug-likeness (QED) is 0.493. The molecule has 9 heavy (non-hydrogen) atoms. The lowest BCUT2D eigenvalue weighted by molar-refractivity contribution is -0.534. The van der Waals surface area contributed by atoms with Crippen molar-refractivity contribution in [2.75, 3.05) is 26.3 Å². The summed E-state index contributed by atoms with van der Waals surface area (Å²) >= 11 is 0. The first kappa shape index (κ1) is 6.75. The summed E-state index contributed by atoms with van der Waals surface area (Å²) in [5.74, 6) is 0. The Morgan fingerprint density at radius 3 is 3.11 bits per heavy atom. The summed E-state index contributed by atoms with van der Waals surface area (Å²) in [5.41, 5.74) is 0. The molecular formula is C7H14NO+. The molecule has 2 heteroatoms. The maximum absolute atomic E-state index is 5.15. The first-order valence-corrected chi connectivity index (χ1v) is 3.58. The fourth-order valence-electron chi connectivity index (χ4n) is 1.00. The van der Waals surface area contributed by atoms with Crippen molar-refractivity contribution >= 4 is 6.21 Å². The van der Waals surface area contributed by atoms with Crippen LogP contribution in [-0.4, -0.2) is 37.1 Å². The summed E-state index contributed by atoms with van der Waals surface area (Å²) in [6, 6.07) is 0.